The van der Waals surface area contributed by atoms with Gasteiger partial charge in [0.1, 0.15) is 5.02 Å². The molecule has 0 unspecified atom stereocenters. The molecule has 1 aromatic heterocycles. The third kappa shape index (κ3) is 9.06. The zero-order valence-corrected chi connectivity index (χ0v) is 24.6. The predicted octanol–water partition coefficient (Wildman–Crippen LogP) is 4.18. The zero-order valence-electron chi connectivity index (χ0n) is 22.3. The van der Waals surface area contributed by atoms with Crippen LogP contribution in [0.25, 0.3) is 0 Å². The Morgan fingerprint density at radius 1 is 1.15 bits per heavy atom. The number of carbonyl (C=O) groups is 2. The summed E-state index contributed by atoms with van der Waals surface area (Å²) in [4.78, 5) is 38.6. The topological polar surface area (TPSA) is 115 Å². The Balaban J connectivity index is 1.65. The van der Waals surface area contributed by atoms with Crippen LogP contribution in [0.1, 0.15) is 67.6 Å². The second-order valence-electron chi connectivity index (χ2n) is 9.69. The van der Waals surface area contributed by atoms with E-state index in [1.807, 2.05) is 4.72 Å². The molecule has 1 fully saturated rings. The number of hydrogen-bond acceptors (Lipinski definition) is 7. The molecule has 0 bridgehead atoms. The Morgan fingerprint density at radius 3 is 2.54 bits per heavy atom. The lowest BCUT2D eigenvalue weighted by Gasteiger charge is -2.26. The Morgan fingerprint density at radius 2 is 1.87 bits per heavy atom. The normalized spacial score (nSPS) is 15.8. The molecule has 0 spiro atoms. The van der Waals surface area contributed by atoms with Gasteiger partial charge in [0, 0.05) is 31.6 Å². The summed E-state index contributed by atoms with van der Waals surface area (Å²) in [5, 5.41) is 0.527. The number of benzene rings is 1. The highest BCUT2D eigenvalue weighted by molar-refractivity contribution is 7.90. The van der Waals surface area contributed by atoms with Gasteiger partial charge >= 0.3 is 5.97 Å². The number of aryl methyl sites for hydroxylation is 1. The summed E-state index contributed by atoms with van der Waals surface area (Å²) in [5.74, 6) is -1.59. The van der Waals surface area contributed by atoms with Crippen molar-refractivity contribution in [3.63, 3.8) is 0 Å². The first-order chi connectivity index (χ1) is 18.5. The van der Waals surface area contributed by atoms with Gasteiger partial charge in [-0.15, -0.1) is 0 Å². The molecule has 0 aliphatic carbocycles. The molecule has 2 heterocycles. The van der Waals surface area contributed by atoms with Crippen LogP contribution >= 0.6 is 23.2 Å². The number of nitrogens with zero attached hydrogens (tertiary/aromatic N) is 2. The average Bonchev–Trinajstić information content (AvgIpc) is 3.31. The molecule has 1 aliphatic heterocycles. The van der Waals surface area contributed by atoms with Crippen LogP contribution in [-0.2, 0) is 39.1 Å². The van der Waals surface area contributed by atoms with Gasteiger partial charge in [-0.05, 0) is 62.4 Å². The summed E-state index contributed by atoms with van der Waals surface area (Å²) in [7, 11) is -3.88. The number of carbonyl (C=O) groups excluding carboxylic acids is 2. The number of rotatable bonds is 13. The second-order valence-corrected chi connectivity index (χ2v) is 12.3. The number of aromatic nitrogens is 1. The van der Waals surface area contributed by atoms with E-state index in [4.69, 9.17) is 27.9 Å². The van der Waals surface area contributed by atoms with Crippen LogP contribution in [0.15, 0.2) is 35.1 Å². The van der Waals surface area contributed by atoms with E-state index in [2.05, 4.69) is 11.8 Å². The van der Waals surface area contributed by atoms with Crippen LogP contribution in [0.5, 0.6) is 0 Å². The Bertz CT molecular complexity index is 1330. The molecule has 0 saturated carbocycles. The van der Waals surface area contributed by atoms with Crippen LogP contribution < -0.4 is 10.3 Å². The third-order valence-electron chi connectivity index (χ3n) is 6.73. The lowest BCUT2D eigenvalue weighted by molar-refractivity contribution is -0.140. The lowest BCUT2D eigenvalue weighted by Crippen LogP contribution is -2.33. The fraction of sp³-hybridized carbons (Fsp3) is 0.519. The standard InChI is InChI=1S/C27H35Cl2N3O6S/c1-3-6-22-7-4-13-31(22)18-25-23(28)17-24(29)27(35)32(25)14-12-20-8-10-21(11-9-20)26(34)30-39(36,37)16-5-15-38-19(2)33/h8-11,17,22H,3-7,12-16,18H2,1-2H3,(H,30,34)/t22-/m0/s1. The van der Waals surface area contributed by atoms with Gasteiger partial charge in [-0.25, -0.2) is 13.1 Å². The smallest absolute Gasteiger partial charge is 0.302 e. The summed E-state index contributed by atoms with van der Waals surface area (Å²) < 4.78 is 32.7. The summed E-state index contributed by atoms with van der Waals surface area (Å²) in [5.41, 5.74) is 1.48. The van der Waals surface area contributed by atoms with E-state index in [1.165, 1.54) is 25.1 Å². The highest BCUT2D eigenvalue weighted by Gasteiger charge is 2.26. The monoisotopic (exact) mass is 599 g/mol. The molecular formula is C27H35Cl2N3O6S. The van der Waals surface area contributed by atoms with E-state index in [0.29, 0.717) is 30.6 Å². The number of sulfonamides is 1. The fourth-order valence-electron chi connectivity index (χ4n) is 4.77. The minimum Gasteiger partial charge on any atom is -0.466 e. The molecule has 0 radical (unpaired) electrons. The molecule has 1 atom stereocenters. The molecule has 1 amide bonds. The molecule has 2 aromatic rings. The van der Waals surface area contributed by atoms with E-state index in [0.717, 1.165) is 43.5 Å². The summed E-state index contributed by atoms with van der Waals surface area (Å²) in [6, 6.07) is 8.50. The summed E-state index contributed by atoms with van der Waals surface area (Å²) >= 11 is 12.8. The van der Waals surface area contributed by atoms with Gasteiger partial charge in [0.05, 0.1) is 23.1 Å². The highest BCUT2D eigenvalue weighted by Crippen LogP contribution is 2.27. The summed E-state index contributed by atoms with van der Waals surface area (Å²) in [6.07, 6.45) is 5.02. The molecular weight excluding hydrogens is 565 g/mol. The number of halogens is 2. The van der Waals surface area contributed by atoms with Crippen molar-refractivity contribution in [2.75, 3.05) is 18.9 Å². The van der Waals surface area contributed by atoms with Gasteiger partial charge in [0.25, 0.3) is 11.5 Å². The van der Waals surface area contributed by atoms with Crippen molar-refractivity contribution in [2.24, 2.45) is 0 Å². The Hall–Kier alpha value is -2.40. The molecule has 1 N–H and O–H groups in total. The van der Waals surface area contributed by atoms with Crippen molar-refractivity contribution in [1.29, 1.82) is 0 Å². The molecule has 39 heavy (non-hydrogen) atoms. The molecule has 1 aliphatic rings. The number of hydrogen-bond donors (Lipinski definition) is 1. The highest BCUT2D eigenvalue weighted by atomic mass is 35.5. The predicted molar refractivity (Wildman–Crippen MR) is 152 cm³/mol. The van der Waals surface area contributed by atoms with Crippen LogP contribution in [0.3, 0.4) is 0 Å². The first-order valence-electron chi connectivity index (χ1n) is 13.1. The van der Waals surface area contributed by atoms with E-state index >= 15 is 0 Å². The van der Waals surface area contributed by atoms with Crippen LogP contribution in [0.2, 0.25) is 10.0 Å². The minimum absolute atomic E-state index is 0.0425. The van der Waals surface area contributed by atoms with Crippen molar-refractivity contribution in [1.82, 2.24) is 14.2 Å². The molecule has 1 aromatic carbocycles. The van der Waals surface area contributed by atoms with E-state index < -0.39 is 21.9 Å². The molecule has 214 valence electrons. The number of nitrogens with one attached hydrogen (secondary N) is 1. The first kappa shape index (κ1) is 31.1. The van der Waals surface area contributed by atoms with Crippen molar-refractivity contribution >= 4 is 45.1 Å². The third-order valence-corrected chi connectivity index (χ3v) is 8.65. The van der Waals surface area contributed by atoms with Crippen LogP contribution in [0, 0.1) is 0 Å². The molecule has 9 nitrogen and oxygen atoms in total. The van der Waals surface area contributed by atoms with Gasteiger partial charge in [-0.1, -0.05) is 48.7 Å². The summed E-state index contributed by atoms with van der Waals surface area (Å²) in [6.45, 7) is 5.25. The Labute approximate surface area is 239 Å². The van der Waals surface area contributed by atoms with E-state index in [1.54, 1.807) is 16.7 Å². The van der Waals surface area contributed by atoms with Crippen molar-refractivity contribution in [2.45, 2.75) is 71.5 Å². The van der Waals surface area contributed by atoms with E-state index in [-0.39, 0.29) is 34.9 Å². The quantitative estimate of drug-likeness (QED) is 0.271. The zero-order chi connectivity index (χ0) is 28.6. The van der Waals surface area contributed by atoms with Gasteiger partial charge in [-0.3, -0.25) is 19.3 Å². The minimum atomic E-state index is -3.88. The van der Waals surface area contributed by atoms with E-state index in [9.17, 15) is 22.8 Å². The number of amides is 1. The van der Waals surface area contributed by atoms with Crippen molar-refractivity contribution in [3.8, 4) is 0 Å². The average molecular weight is 601 g/mol. The van der Waals surface area contributed by atoms with Gasteiger partial charge in [-0.2, -0.15) is 0 Å². The number of pyridine rings is 1. The second kappa shape index (κ2) is 14.3. The fourth-order valence-corrected chi connectivity index (χ4v) is 6.31. The number of ether oxygens (including phenoxy) is 1. The maximum Gasteiger partial charge on any atom is 0.302 e. The SMILES string of the molecule is CCC[C@H]1CCCN1Cc1c(Cl)cc(Cl)c(=O)n1CCc1ccc(C(=O)NS(=O)(=O)CCCOC(C)=O)cc1. The molecule has 12 heteroatoms. The van der Waals surface area contributed by atoms with Gasteiger partial charge < -0.3 is 9.30 Å². The van der Waals surface area contributed by atoms with Crippen molar-refractivity contribution in [3.05, 3.63) is 67.6 Å². The lowest BCUT2D eigenvalue weighted by atomic mass is 10.1. The van der Waals surface area contributed by atoms with Crippen molar-refractivity contribution < 1.29 is 22.7 Å². The number of likely N-dealkylation sites (tertiary alicyclic amines) is 1. The number of esters is 1. The maximum atomic E-state index is 13.0. The van der Waals surface area contributed by atoms with Crippen LogP contribution in [0.4, 0.5) is 0 Å². The molecule has 3 rings (SSSR count). The van der Waals surface area contributed by atoms with Crippen LogP contribution in [-0.4, -0.2) is 54.7 Å². The van der Waals surface area contributed by atoms with Gasteiger partial charge in [0.15, 0.2) is 0 Å². The first-order valence-corrected chi connectivity index (χ1v) is 15.5. The van der Waals surface area contributed by atoms with Gasteiger partial charge in [0.2, 0.25) is 10.0 Å². The Kier molecular flexibility index (Phi) is 11.4. The largest absolute Gasteiger partial charge is 0.466 e. The maximum absolute atomic E-state index is 13.0. The molecule has 1 saturated heterocycles.